The van der Waals surface area contributed by atoms with Crippen LogP contribution in [0.3, 0.4) is 0 Å². The highest BCUT2D eigenvalue weighted by atomic mass is 79.9. The van der Waals surface area contributed by atoms with E-state index in [2.05, 4.69) is 45.2 Å². The van der Waals surface area contributed by atoms with Crippen molar-refractivity contribution in [2.45, 2.75) is 40.3 Å². The Bertz CT molecular complexity index is 680. The summed E-state index contributed by atoms with van der Waals surface area (Å²) in [6.07, 6.45) is 1.69. The van der Waals surface area contributed by atoms with Crippen LogP contribution in [0.25, 0.3) is 0 Å². The molecule has 0 saturated carbocycles. The van der Waals surface area contributed by atoms with Crippen molar-refractivity contribution in [1.29, 1.82) is 0 Å². The van der Waals surface area contributed by atoms with Gasteiger partial charge in [-0.2, -0.15) is 5.10 Å². The van der Waals surface area contributed by atoms with E-state index >= 15 is 0 Å². The van der Waals surface area contributed by atoms with Crippen LogP contribution in [0.2, 0.25) is 0 Å². The third-order valence-electron chi connectivity index (χ3n) is 2.90. The van der Waals surface area contributed by atoms with Crippen molar-refractivity contribution >= 4 is 33.0 Å². The lowest BCUT2D eigenvalue weighted by Gasteiger charge is -2.15. The van der Waals surface area contributed by atoms with Gasteiger partial charge >= 0.3 is 0 Å². The molecule has 2 rings (SSSR count). The highest BCUT2D eigenvalue weighted by Crippen LogP contribution is 2.25. The van der Waals surface area contributed by atoms with Gasteiger partial charge in [-0.05, 0) is 35.7 Å². The zero-order chi connectivity index (χ0) is 15.6. The molecule has 0 fully saturated rings. The second-order valence-electron chi connectivity index (χ2n) is 5.45. The van der Waals surface area contributed by atoms with Crippen molar-refractivity contribution in [3.8, 4) is 0 Å². The summed E-state index contributed by atoms with van der Waals surface area (Å²) >= 11 is 4.98. The van der Waals surface area contributed by atoms with Crippen molar-refractivity contribution in [2.75, 3.05) is 5.32 Å². The van der Waals surface area contributed by atoms with Gasteiger partial charge in [-0.1, -0.05) is 13.8 Å². The lowest BCUT2D eigenvalue weighted by molar-refractivity contribution is 0.462. The Kier molecular flexibility index (Phi) is 5.16. The molecule has 0 radical (unpaired) electrons. The van der Waals surface area contributed by atoms with Gasteiger partial charge in [-0.15, -0.1) is 11.3 Å². The van der Waals surface area contributed by atoms with Gasteiger partial charge < -0.3 is 5.32 Å². The van der Waals surface area contributed by atoms with Gasteiger partial charge in [0.2, 0.25) is 0 Å². The number of halogens is 1. The van der Waals surface area contributed by atoms with Crippen LogP contribution < -0.4 is 10.9 Å². The Balaban J connectivity index is 2.21. The molecule has 0 bridgehead atoms. The second-order valence-corrected chi connectivity index (χ2v) is 7.13. The SMILES string of the molecule is Cc1csc(C(C)Nc2cnn(CC(C)C)c(=O)c2Br)n1. The summed E-state index contributed by atoms with van der Waals surface area (Å²) in [6, 6.07) is 0.0298. The maximum atomic E-state index is 12.2. The van der Waals surface area contributed by atoms with Crippen LogP contribution in [-0.2, 0) is 6.54 Å². The van der Waals surface area contributed by atoms with Gasteiger partial charge in [0.1, 0.15) is 9.48 Å². The van der Waals surface area contributed by atoms with Crippen LogP contribution in [0.1, 0.15) is 37.5 Å². The zero-order valence-corrected chi connectivity index (χ0v) is 15.0. The highest BCUT2D eigenvalue weighted by Gasteiger charge is 2.14. The second kappa shape index (κ2) is 6.70. The zero-order valence-electron chi connectivity index (χ0n) is 12.6. The van der Waals surface area contributed by atoms with E-state index in [1.807, 2.05) is 19.2 Å². The number of aryl methyl sites for hydroxylation is 1. The van der Waals surface area contributed by atoms with Crippen LogP contribution in [-0.4, -0.2) is 14.8 Å². The Morgan fingerprint density at radius 3 is 2.71 bits per heavy atom. The number of rotatable bonds is 5. The fourth-order valence-corrected chi connectivity index (χ4v) is 3.13. The maximum absolute atomic E-state index is 12.2. The van der Waals surface area contributed by atoms with Crippen molar-refractivity contribution < 1.29 is 0 Å². The summed E-state index contributed by atoms with van der Waals surface area (Å²) in [6.45, 7) is 8.71. The number of aromatic nitrogens is 3. The van der Waals surface area contributed by atoms with E-state index in [0.717, 1.165) is 10.7 Å². The normalized spacial score (nSPS) is 12.7. The van der Waals surface area contributed by atoms with Gasteiger partial charge in [0.05, 0.1) is 17.9 Å². The molecular weight excluding hydrogens is 352 g/mol. The molecule has 0 saturated heterocycles. The van der Waals surface area contributed by atoms with Gasteiger partial charge in [-0.25, -0.2) is 9.67 Å². The average molecular weight is 371 g/mol. The summed E-state index contributed by atoms with van der Waals surface area (Å²) in [7, 11) is 0. The van der Waals surface area contributed by atoms with E-state index in [9.17, 15) is 4.79 Å². The number of nitrogens with one attached hydrogen (secondary N) is 1. The molecule has 0 spiro atoms. The predicted octanol–water partition coefficient (Wildman–Crippen LogP) is 3.60. The van der Waals surface area contributed by atoms with Crippen molar-refractivity contribution in [3.63, 3.8) is 0 Å². The van der Waals surface area contributed by atoms with E-state index in [-0.39, 0.29) is 11.6 Å². The van der Waals surface area contributed by atoms with E-state index in [0.29, 0.717) is 22.6 Å². The number of hydrogen-bond acceptors (Lipinski definition) is 5. The number of nitrogens with zero attached hydrogens (tertiary/aromatic N) is 3. The fraction of sp³-hybridized carbons (Fsp3) is 0.500. The molecule has 21 heavy (non-hydrogen) atoms. The maximum Gasteiger partial charge on any atom is 0.283 e. The Morgan fingerprint density at radius 1 is 1.43 bits per heavy atom. The number of thiazole rings is 1. The van der Waals surface area contributed by atoms with E-state index in [4.69, 9.17) is 0 Å². The molecule has 1 N–H and O–H groups in total. The predicted molar refractivity (Wildman–Crippen MR) is 89.9 cm³/mol. The van der Waals surface area contributed by atoms with Crippen molar-refractivity contribution in [2.24, 2.45) is 5.92 Å². The Labute approximate surface area is 136 Å². The number of hydrogen-bond donors (Lipinski definition) is 1. The molecule has 1 unspecified atom stereocenters. The summed E-state index contributed by atoms with van der Waals surface area (Å²) in [5.41, 5.74) is 1.59. The quantitative estimate of drug-likeness (QED) is 0.873. The molecule has 0 aliphatic carbocycles. The summed E-state index contributed by atoms with van der Waals surface area (Å²) in [4.78, 5) is 16.7. The van der Waals surface area contributed by atoms with Crippen LogP contribution >= 0.6 is 27.3 Å². The average Bonchev–Trinajstić information content (AvgIpc) is 2.84. The van der Waals surface area contributed by atoms with Gasteiger partial charge in [-0.3, -0.25) is 4.79 Å². The van der Waals surface area contributed by atoms with Crippen LogP contribution in [0.4, 0.5) is 5.69 Å². The van der Waals surface area contributed by atoms with Crippen LogP contribution in [0.5, 0.6) is 0 Å². The molecular formula is C14H19BrN4OS. The monoisotopic (exact) mass is 370 g/mol. The molecule has 5 nitrogen and oxygen atoms in total. The smallest absolute Gasteiger partial charge is 0.283 e. The molecule has 0 aliphatic rings. The van der Waals surface area contributed by atoms with Gasteiger partial charge in [0.15, 0.2) is 0 Å². The molecule has 0 amide bonds. The third kappa shape index (κ3) is 3.91. The summed E-state index contributed by atoms with van der Waals surface area (Å²) in [5.74, 6) is 0.373. The molecule has 0 aromatic carbocycles. The standard InChI is InChI=1S/C14H19BrN4OS/c1-8(2)6-19-14(20)12(15)11(5-16-19)18-10(4)13-17-9(3)7-21-13/h5,7-8,10,18H,6H2,1-4H3. The minimum atomic E-state index is -0.115. The topological polar surface area (TPSA) is 59.8 Å². The Morgan fingerprint density at radius 2 is 2.14 bits per heavy atom. The van der Waals surface area contributed by atoms with Crippen molar-refractivity contribution in [1.82, 2.24) is 14.8 Å². The summed E-state index contributed by atoms with van der Waals surface area (Å²) < 4.78 is 2.00. The van der Waals surface area contributed by atoms with Crippen molar-refractivity contribution in [3.05, 3.63) is 37.1 Å². The lowest BCUT2D eigenvalue weighted by atomic mass is 10.2. The minimum absolute atomic E-state index is 0.0298. The molecule has 2 aromatic rings. The third-order valence-corrected chi connectivity index (χ3v) is 4.81. The first kappa shape index (κ1) is 16.2. The van der Waals surface area contributed by atoms with E-state index in [1.54, 1.807) is 17.5 Å². The first-order chi connectivity index (χ1) is 9.88. The largest absolute Gasteiger partial charge is 0.374 e. The summed E-state index contributed by atoms with van der Waals surface area (Å²) in [5, 5.41) is 10.5. The lowest BCUT2D eigenvalue weighted by Crippen LogP contribution is -2.26. The Hall–Kier alpha value is -1.21. The first-order valence-electron chi connectivity index (χ1n) is 6.82. The van der Waals surface area contributed by atoms with Gasteiger partial charge in [0, 0.05) is 17.6 Å². The van der Waals surface area contributed by atoms with E-state index in [1.165, 1.54) is 4.68 Å². The van der Waals surface area contributed by atoms with Crippen LogP contribution in [0.15, 0.2) is 20.8 Å². The molecule has 0 aliphatic heterocycles. The fourth-order valence-electron chi connectivity index (χ4n) is 1.91. The first-order valence-corrected chi connectivity index (χ1v) is 8.50. The van der Waals surface area contributed by atoms with Gasteiger partial charge in [0.25, 0.3) is 5.56 Å². The highest BCUT2D eigenvalue weighted by molar-refractivity contribution is 9.10. The number of anilines is 1. The van der Waals surface area contributed by atoms with E-state index < -0.39 is 0 Å². The minimum Gasteiger partial charge on any atom is -0.374 e. The molecule has 1 atom stereocenters. The van der Waals surface area contributed by atoms with Crippen LogP contribution in [0, 0.1) is 12.8 Å². The molecule has 2 aromatic heterocycles. The molecule has 114 valence electrons. The molecule has 2 heterocycles. The molecule has 7 heteroatoms.